The lowest BCUT2D eigenvalue weighted by Crippen LogP contribution is -2.29. The second-order valence-corrected chi connectivity index (χ2v) is 6.93. The molecular weight excluding hydrogens is 304 g/mol. The van der Waals surface area contributed by atoms with Gasteiger partial charge in [-0.3, -0.25) is 9.59 Å². The number of ether oxygens (including phenoxy) is 1. The van der Waals surface area contributed by atoms with Gasteiger partial charge in [-0.1, -0.05) is 19.8 Å². The lowest BCUT2D eigenvalue weighted by molar-refractivity contribution is -0.124. The average molecular weight is 330 g/mol. The first-order chi connectivity index (χ1) is 11.6. The Bertz CT molecular complexity index is 615. The van der Waals surface area contributed by atoms with E-state index >= 15 is 0 Å². The number of nitrogens with one attached hydrogen (secondary N) is 2. The highest BCUT2D eigenvalue weighted by molar-refractivity contribution is 5.94. The molecule has 0 spiro atoms. The van der Waals surface area contributed by atoms with Crippen LogP contribution < -0.4 is 10.6 Å². The molecule has 1 aromatic carbocycles. The van der Waals surface area contributed by atoms with Crippen LogP contribution in [0.3, 0.4) is 0 Å². The standard InChI is InChI=1S/C19H26N2O3/c1-13-5-2-3-7-17(13)24-12-19(23)20-15-9-10-16-14(11-15)6-4-8-18(22)21-16/h9-11,13,17H,2-8,12H2,1H3,(H,20,23)(H,21,22)/t13-,17+/m0/s1. The van der Waals surface area contributed by atoms with E-state index in [-0.39, 0.29) is 24.5 Å². The number of hydrogen-bond acceptors (Lipinski definition) is 3. The van der Waals surface area contributed by atoms with Crippen molar-refractivity contribution in [3.8, 4) is 0 Å². The van der Waals surface area contributed by atoms with Crippen molar-refractivity contribution >= 4 is 23.2 Å². The number of rotatable bonds is 4. The molecular formula is C19H26N2O3. The molecule has 1 fully saturated rings. The molecule has 130 valence electrons. The third-order valence-corrected chi connectivity index (χ3v) is 4.97. The SMILES string of the molecule is C[C@H]1CCCC[C@H]1OCC(=O)Nc1ccc2c(c1)CCCC(=O)N2. The number of anilines is 2. The van der Waals surface area contributed by atoms with Crippen LogP contribution in [0.25, 0.3) is 0 Å². The second kappa shape index (κ2) is 7.79. The van der Waals surface area contributed by atoms with Crippen molar-refractivity contribution in [2.24, 2.45) is 5.92 Å². The topological polar surface area (TPSA) is 67.4 Å². The number of carbonyl (C=O) groups is 2. The molecule has 5 heteroatoms. The molecule has 1 heterocycles. The summed E-state index contributed by atoms with van der Waals surface area (Å²) in [6, 6.07) is 5.63. The van der Waals surface area contributed by atoms with Crippen molar-refractivity contribution in [1.29, 1.82) is 0 Å². The normalized spacial score (nSPS) is 23.8. The van der Waals surface area contributed by atoms with E-state index < -0.39 is 0 Å². The van der Waals surface area contributed by atoms with E-state index in [1.54, 1.807) is 0 Å². The molecule has 1 aliphatic heterocycles. The minimum absolute atomic E-state index is 0.0561. The summed E-state index contributed by atoms with van der Waals surface area (Å²) in [5.41, 5.74) is 2.68. The van der Waals surface area contributed by atoms with Gasteiger partial charge in [0.25, 0.3) is 0 Å². The van der Waals surface area contributed by atoms with Gasteiger partial charge in [0.15, 0.2) is 0 Å². The molecule has 5 nitrogen and oxygen atoms in total. The van der Waals surface area contributed by atoms with Crippen LogP contribution in [-0.4, -0.2) is 24.5 Å². The molecule has 24 heavy (non-hydrogen) atoms. The molecule has 2 N–H and O–H groups in total. The van der Waals surface area contributed by atoms with Gasteiger partial charge < -0.3 is 15.4 Å². The fourth-order valence-electron chi connectivity index (χ4n) is 3.56. The maximum absolute atomic E-state index is 12.1. The van der Waals surface area contributed by atoms with Crippen molar-refractivity contribution < 1.29 is 14.3 Å². The summed E-state index contributed by atoms with van der Waals surface area (Å²) in [5, 5.41) is 5.80. The van der Waals surface area contributed by atoms with Gasteiger partial charge in [-0.15, -0.1) is 0 Å². The number of hydrogen-bond donors (Lipinski definition) is 2. The number of fused-ring (bicyclic) bond motifs is 1. The van der Waals surface area contributed by atoms with Crippen molar-refractivity contribution in [3.05, 3.63) is 23.8 Å². The van der Waals surface area contributed by atoms with Crippen LogP contribution in [0, 0.1) is 5.92 Å². The number of benzene rings is 1. The largest absolute Gasteiger partial charge is 0.368 e. The summed E-state index contributed by atoms with van der Waals surface area (Å²) in [7, 11) is 0. The van der Waals surface area contributed by atoms with Crippen LogP contribution in [0.1, 0.15) is 51.0 Å². The fourth-order valence-corrected chi connectivity index (χ4v) is 3.56. The van der Waals surface area contributed by atoms with Crippen LogP contribution in [-0.2, 0) is 20.7 Å². The van der Waals surface area contributed by atoms with E-state index in [1.165, 1.54) is 19.3 Å². The Morgan fingerprint density at radius 2 is 2.08 bits per heavy atom. The predicted octanol–water partition coefficient (Wildman–Crippen LogP) is 3.50. The van der Waals surface area contributed by atoms with Crippen LogP contribution >= 0.6 is 0 Å². The lowest BCUT2D eigenvalue weighted by atomic mass is 9.88. The maximum atomic E-state index is 12.1. The predicted molar refractivity (Wildman–Crippen MR) is 94.0 cm³/mol. The fraction of sp³-hybridized carbons (Fsp3) is 0.579. The molecule has 3 rings (SSSR count). The Morgan fingerprint density at radius 1 is 1.25 bits per heavy atom. The van der Waals surface area contributed by atoms with Crippen LogP contribution in [0.4, 0.5) is 11.4 Å². The van der Waals surface area contributed by atoms with Gasteiger partial charge in [0.05, 0.1) is 6.10 Å². The summed E-state index contributed by atoms with van der Waals surface area (Å²) in [4.78, 5) is 23.7. The first-order valence-electron chi connectivity index (χ1n) is 8.96. The molecule has 0 saturated heterocycles. The summed E-state index contributed by atoms with van der Waals surface area (Å²) in [6.07, 6.45) is 7.10. The zero-order valence-electron chi connectivity index (χ0n) is 14.3. The highest BCUT2D eigenvalue weighted by Crippen LogP contribution is 2.27. The molecule has 1 aliphatic carbocycles. The highest BCUT2D eigenvalue weighted by atomic mass is 16.5. The van der Waals surface area contributed by atoms with Gasteiger partial charge in [-0.2, -0.15) is 0 Å². The van der Waals surface area contributed by atoms with Crippen LogP contribution in [0.15, 0.2) is 18.2 Å². The van der Waals surface area contributed by atoms with E-state index in [2.05, 4.69) is 17.6 Å². The third kappa shape index (κ3) is 4.35. The molecule has 2 amide bonds. The quantitative estimate of drug-likeness (QED) is 0.888. The van der Waals surface area contributed by atoms with Crippen molar-refractivity contribution in [3.63, 3.8) is 0 Å². The van der Waals surface area contributed by atoms with Gasteiger partial charge in [0, 0.05) is 17.8 Å². The Balaban J connectivity index is 1.54. The first kappa shape index (κ1) is 17.0. The summed E-state index contributed by atoms with van der Waals surface area (Å²) in [6.45, 7) is 2.30. The highest BCUT2D eigenvalue weighted by Gasteiger charge is 2.22. The van der Waals surface area contributed by atoms with Gasteiger partial charge in [0.1, 0.15) is 6.61 Å². The molecule has 0 aromatic heterocycles. The van der Waals surface area contributed by atoms with Gasteiger partial charge in [0.2, 0.25) is 11.8 Å². The molecule has 0 radical (unpaired) electrons. The van der Waals surface area contributed by atoms with Crippen molar-refractivity contribution in [2.45, 2.75) is 58.0 Å². The first-order valence-corrected chi connectivity index (χ1v) is 8.96. The van der Waals surface area contributed by atoms with Crippen LogP contribution in [0.2, 0.25) is 0 Å². The smallest absolute Gasteiger partial charge is 0.250 e. The number of aryl methyl sites for hydroxylation is 1. The zero-order valence-corrected chi connectivity index (χ0v) is 14.3. The summed E-state index contributed by atoms with van der Waals surface area (Å²) >= 11 is 0. The summed E-state index contributed by atoms with van der Waals surface area (Å²) < 4.78 is 5.81. The van der Waals surface area contributed by atoms with Crippen molar-refractivity contribution in [2.75, 3.05) is 17.2 Å². The van der Waals surface area contributed by atoms with E-state index in [0.717, 1.165) is 36.2 Å². The average Bonchev–Trinajstić information content (AvgIpc) is 2.74. The van der Waals surface area contributed by atoms with Gasteiger partial charge in [-0.05, 0) is 55.4 Å². The number of amides is 2. The molecule has 1 aromatic rings. The Morgan fingerprint density at radius 3 is 2.92 bits per heavy atom. The van der Waals surface area contributed by atoms with Crippen LogP contribution in [0.5, 0.6) is 0 Å². The van der Waals surface area contributed by atoms with E-state index in [9.17, 15) is 9.59 Å². The maximum Gasteiger partial charge on any atom is 0.250 e. The van der Waals surface area contributed by atoms with E-state index in [4.69, 9.17) is 4.74 Å². The Hall–Kier alpha value is -1.88. The van der Waals surface area contributed by atoms with Gasteiger partial charge in [-0.25, -0.2) is 0 Å². The monoisotopic (exact) mass is 330 g/mol. The molecule has 2 atom stereocenters. The third-order valence-electron chi connectivity index (χ3n) is 4.97. The van der Waals surface area contributed by atoms with E-state index in [1.807, 2.05) is 18.2 Å². The molecule has 0 bridgehead atoms. The molecule has 1 saturated carbocycles. The van der Waals surface area contributed by atoms with Crippen molar-refractivity contribution in [1.82, 2.24) is 0 Å². The summed E-state index contributed by atoms with van der Waals surface area (Å²) in [5.74, 6) is 0.466. The Kier molecular flexibility index (Phi) is 5.51. The Labute approximate surface area is 143 Å². The lowest BCUT2D eigenvalue weighted by Gasteiger charge is -2.28. The zero-order chi connectivity index (χ0) is 16.9. The second-order valence-electron chi connectivity index (χ2n) is 6.93. The minimum atomic E-state index is -0.120. The van der Waals surface area contributed by atoms with Gasteiger partial charge >= 0.3 is 0 Å². The minimum Gasteiger partial charge on any atom is -0.368 e. The molecule has 0 unspecified atom stereocenters. The molecule has 2 aliphatic rings. The van der Waals surface area contributed by atoms with E-state index in [0.29, 0.717) is 12.3 Å². The number of carbonyl (C=O) groups excluding carboxylic acids is 2.